The number of hydrogen-bond acceptors (Lipinski definition) is 4. The van der Waals surface area contributed by atoms with Crippen molar-refractivity contribution in [3.05, 3.63) is 77.1 Å². The minimum Gasteiger partial charge on any atom is -0.302 e. The van der Waals surface area contributed by atoms with Crippen LogP contribution < -0.4 is 5.43 Å². The van der Waals surface area contributed by atoms with Gasteiger partial charge >= 0.3 is 0 Å². The molecule has 24 heavy (non-hydrogen) atoms. The molecule has 5 nitrogen and oxygen atoms in total. The first-order valence-corrected chi connectivity index (χ1v) is 8.09. The number of hydrazone groups is 1. The molecule has 1 unspecified atom stereocenters. The summed E-state index contributed by atoms with van der Waals surface area (Å²) in [5, 5.41) is 13.2. The van der Waals surface area contributed by atoms with Crippen LogP contribution in [0.25, 0.3) is 5.69 Å². The first kappa shape index (κ1) is 14.6. The van der Waals surface area contributed by atoms with Gasteiger partial charge in [-0.2, -0.15) is 5.10 Å². The zero-order valence-electron chi connectivity index (χ0n) is 13.8. The molecule has 120 valence electrons. The van der Waals surface area contributed by atoms with Crippen LogP contribution >= 0.6 is 0 Å². The van der Waals surface area contributed by atoms with Gasteiger partial charge in [-0.1, -0.05) is 53.2 Å². The van der Waals surface area contributed by atoms with Crippen molar-refractivity contribution in [2.45, 2.75) is 26.3 Å². The van der Waals surface area contributed by atoms with Crippen molar-refractivity contribution >= 4 is 5.71 Å². The van der Waals surface area contributed by atoms with E-state index in [0.29, 0.717) is 0 Å². The first-order chi connectivity index (χ1) is 11.7. The van der Waals surface area contributed by atoms with Gasteiger partial charge < -0.3 is 5.43 Å². The lowest BCUT2D eigenvalue weighted by atomic mass is 10.0. The second-order valence-corrected chi connectivity index (χ2v) is 6.13. The van der Waals surface area contributed by atoms with Gasteiger partial charge in [0, 0.05) is 6.42 Å². The van der Waals surface area contributed by atoms with Crippen molar-refractivity contribution in [2.24, 2.45) is 5.10 Å². The van der Waals surface area contributed by atoms with E-state index in [4.69, 9.17) is 0 Å². The molecule has 2 aromatic carbocycles. The van der Waals surface area contributed by atoms with E-state index in [0.717, 1.165) is 29.2 Å². The Bertz CT molecular complexity index is 878. The molecular formula is C19H19N5. The maximum atomic E-state index is 4.50. The number of hydrogen-bond donors (Lipinski definition) is 1. The molecule has 0 saturated carbocycles. The average molecular weight is 317 g/mol. The lowest BCUT2D eigenvalue weighted by Gasteiger charge is -2.09. The van der Waals surface area contributed by atoms with E-state index in [1.807, 2.05) is 29.8 Å². The van der Waals surface area contributed by atoms with E-state index in [1.54, 1.807) is 0 Å². The Morgan fingerprint density at radius 3 is 2.50 bits per heavy atom. The first-order valence-electron chi connectivity index (χ1n) is 8.09. The summed E-state index contributed by atoms with van der Waals surface area (Å²) in [4.78, 5) is 0. The van der Waals surface area contributed by atoms with Gasteiger partial charge in [0.2, 0.25) is 0 Å². The second kappa shape index (κ2) is 5.92. The Morgan fingerprint density at radius 2 is 1.75 bits per heavy atom. The number of nitrogens with one attached hydrogen (secondary N) is 1. The number of aromatic nitrogens is 3. The minimum atomic E-state index is 0.199. The topological polar surface area (TPSA) is 55.1 Å². The van der Waals surface area contributed by atoms with Crippen LogP contribution in [0.5, 0.6) is 0 Å². The highest BCUT2D eigenvalue weighted by atomic mass is 15.4. The number of aryl methyl sites for hydroxylation is 1. The number of nitrogens with zero attached hydrogens (tertiary/aromatic N) is 4. The molecule has 0 aliphatic carbocycles. The maximum absolute atomic E-state index is 4.50. The fourth-order valence-corrected chi connectivity index (χ4v) is 2.99. The van der Waals surface area contributed by atoms with Gasteiger partial charge in [-0.05, 0) is 31.5 Å². The van der Waals surface area contributed by atoms with Crippen molar-refractivity contribution in [1.82, 2.24) is 20.4 Å². The van der Waals surface area contributed by atoms with Crippen molar-refractivity contribution in [3.63, 3.8) is 0 Å². The Hall–Kier alpha value is -2.95. The smallest absolute Gasteiger partial charge is 0.132 e. The fraction of sp³-hybridized carbons (Fsp3) is 0.211. The lowest BCUT2D eigenvalue weighted by molar-refractivity contribution is 0.620. The fourth-order valence-electron chi connectivity index (χ4n) is 2.99. The second-order valence-electron chi connectivity index (χ2n) is 6.13. The molecule has 1 atom stereocenters. The van der Waals surface area contributed by atoms with Gasteiger partial charge in [0.25, 0.3) is 0 Å². The molecule has 2 heterocycles. The summed E-state index contributed by atoms with van der Waals surface area (Å²) in [5.74, 6) is 0. The summed E-state index contributed by atoms with van der Waals surface area (Å²) in [5.41, 5.74) is 9.53. The van der Waals surface area contributed by atoms with Crippen LogP contribution in [0.2, 0.25) is 0 Å². The highest BCUT2D eigenvalue weighted by molar-refractivity contribution is 6.01. The molecule has 1 N–H and O–H groups in total. The summed E-state index contributed by atoms with van der Waals surface area (Å²) in [7, 11) is 0. The van der Waals surface area contributed by atoms with Crippen molar-refractivity contribution in [2.75, 3.05) is 0 Å². The third-order valence-corrected chi connectivity index (χ3v) is 4.40. The molecule has 4 rings (SSSR count). The molecule has 0 spiro atoms. The van der Waals surface area contributed by atoms with Gasteiger partial charge in [0.1, 0.15) is 5.69 Å². The zero-order chi connectivity index (χ0) is 16.5. The normalized spacial score (nSPS) is 16.8. The van der Waals surface area contributed by atoms with Crippen molar-refractivity contribution < 1.29 is 0 Å². The molecule has 0 bridgehead atoms. The Balaban J connectivity index is 1.59. The summed E-state index contributed by atoms with van der Waals surface area (Å²) in [6.07, 6.45) is 0.817. The predicted molar refractivity (Wildman–Crippen MR) is 94.3 cm³/mol. The van der Waals surface area contributed by atoms with Crippen molar-refractivity contribution in [3.8, 4) is 5.69 Å². The maximum Gasteiger partial charge on any atom is 0.132 e. The Morgan fingerprint density at radius 1 is 1.00 bits per heavy atom. The van der Waals surface area contributed by atoms with Crippen LogP contribution in [0.3, 0.4) is 0 Å². The Labute approximate surface area is 141 Å². The molecule has 1 aromatic heterocycles. The highest BCUT2D eigenvalue weighted by Gasteiger charge is 2.25. The molecule has 5 heteroatoms. The van der Waals surface area contributed by atoms with Gasteiger partial charge in [0.05, 0.1) is 23.1 Å². The van der Waals surface area contributed by atoms with Crippen LogP contribution in [-0.2, 0) is 0 Å². The van der Waals surface area contributed by atoms with Crippen LogP contribution in [-0.4, -0.2) is 20.7 Å². The lowest BCUT2D eigenvalue weighted by Crippen LogP contribution is -2.09. The average Bonchev–Trinajstić information content (AvgIpc) is 3.23. The summed E-state index contributed by atoms with van der Waals surface area (Å²) >= 11 is 0. The summed E-state index contributed by atoms with van der Waals surface area (Å²) in [6.45, 7) is 4.11. The van der Waals surface area contributed by atoms with Gasteiger partial charge in [-0.25, -0.2) is 4.68 Å². The summed E-state index contributed by atoms with van der Waals surface area (Å²) < 4.78 is 1.87. The molecule has 0 fully saturated rings. The van der Waals surface area contributed by atoms with E-state index in [-0.39, 0.29) is 6.04 Å². The van der Waals surface area contributed by atoms with E-state index in [9.17, 15) is 0 Å². The van der Waals surface area contributed by atoms with Gasteiger partial charge in [-0.15, -0.1) is 5.10 Å². The SMILES string of the molecule is Cc1ccc(-n2nnc(C3=NNC(c4ccccc4)C3)c2C)cc1. The van der Waals surface area contributed by atoms with Gasteiger partial charge in [0.15, 0.2) is 0 Å². The Kier molecular flexibility index (Phi) is 3.61. The number of benzene rings is 2. The third kappa shape index (κ3) is 2.58. The van der Waals surface area contributed by atoms with E-state index >= 15 is 0 Å². The third-order valence-electron chi connectivity index (χ3n) is 4.40. The molecule has 0 amide bonds. The molecule has 0 saturated heterocycles. The van der Waals surface area contributed by atoms with Crippen molar-refractivity contribution in [1.29, 1.82) is 0 Å². The predicted octanol–water partition coefficient (Wildman–Crippen LogP) is 3.32. The monoisotopic (exact) mass is 317 g/mol. The van der Waals surface area contributed by atoms with Gasteiger partial charge in [-0.3, -0.25) is 0 Å². The van der Waals surface area contributed by atoms with E-state index in [1.165, 1.54) is 11.1 Å². The summed E-state index contributed by atoms with van der Waals surface area (Å²) in [6, 6.07) is 18.8. The molecule has 1 aliphatic rings. The van der Waals surface area contributed by atoms with E-state index in [2.05, 4.69) is 64.2 Å². The number of rotatable bonds is 3. The van der Waals surface area contributed by atoms with Crippen LogP contribution in [0, 0.1) is 13.8 Å². The largest absolute Gasteiger partial charge is 0.302 e. The standard InChI is InChI=1S/C19H19N5/c1-13-8-10-16(11-9-13)24-14(2)19(22-23-24)18-12-17(20-21-18)15-6-4-3-5-7-15/h3-11,17,20H,12H2,1-2H3. The highest BCUT2D eigenvalue weighted by Crippen LogP contribution is 2.25. The van der Waals surface area contributed by atoms with Crippen LogP contribution in [0.15, 0.2) is 59.7 Å². The zero-order valence-corrected chi connectivity index (χ0v) is 13.8. The van der Waals surface area contributed by atoms with Crippen LogP contribution in [0.1, 0.15) is 35.0 Å². The molecule has 0 radical (unpaired) electrons. The van der Waals surface area contributed by atoms with Crippen LogP contribution in [0.4, 0.5) is 0 Å². The van der Waals surface area contributed by atoms with E-state index < -0.39 is 0 Å². The molecule has 1 aliphatic heterocycles. The molecule has 3 aromatic rings. The molecular weight excluding hydrogens is 298 g/mol. The quantitative estimate of drug-likeness (QED) is 0.806. The minimum absolute atomic E-state index is 0.199.